The van der Waals surface area contributed by atoms with Crippen LogP contribution in [-0.2, 0) is 23.7 Å². The summed E-state index contributed by atoms with van der Waals surface area (Å²) in [6.07, 6.45) is -9.21. The highest BCUT2D eigenvalue weighted by molar-refractivity contribution is 5.89. The van der Waals surface area contributed by atoms with Gasteiger partial charge in [-0.3, -0.25) is 0 Å². The van der Waals surface area contributed by atoms with Crippen molar-refractivity contribution in [1.82, 2.24) is 0 Å². The molecule has 30 heavy (non-hydrogen) atoms. The molecule has 168 valence electrons. The third-order valence-corrected chi connectivity index (χ3v) is 9.27. The fraction of sp³-hybridized carbons (Fsp3) is 0.950. The first kappa shape index (κ1) is 19.8. The third-order valence-electron chi connectivity index (χ3n) is 9.27. The molecule has 0 aromatic rings. The van der Waals surface area contributed by atoms with Gasteiger partial charge in [-0.2, -0.15) is 0 Å². The molecule has 13 atom stereocenters. The van der Waals surface area contributed by atoms with Crippen molar-refractivity contribution in [3.63, 3.8) is 0 Å². The van der Waals surface area contributed by atoms with Crippen LogP contribution in [0.4, 0.5) is 0 Å². The summed E-state index contributed by atoms with van der Waals surface area (Å²) in [6, 6.07) is 0. The van der Waals surface area contributed by atoms with Crippen LogP contribution in [0.15, 0.2) is 0 Å². The first-order valence-corrected chi connectivity index (χ1v) is 10.5. The Hall–Kier alpha value is -0.850. The number of hydrogen-bond donors (Lipinski definition) is 5. The minimum atomic E-state index is -2.12. The molecule has 5 N–H and O–H groups in total. The smallest absolute Gasteiger partial charge is 0.342 e. The fourth-order valence-electron chi connectivity index (χ4n) is 8.38. The van der Waals surface area contributed by atoms with E-state index in [1.54, 1.807) is 0 Å². The number of aliphatic hydroxyl groups is 5. The molecule has 6 fully saturated rings. The summed E-state index contributed by atoms with van der Waals surface area (Å²) in [6.45, 7) is 7.39. The Morgan fingerprint density at radius 3 is 2.33 bits per heavy atom. The summed E-state index contributed by atoms with van der Waals surface area (Å²) < 4.78 is 23.1. The molecule has 0 aromatic heterocycles. The quantitative estimate of drug-likeness (QED) is 0.280. The summed E-state index contributed by atoms with van der Waals surface area (Å²) in [5, 5.41) is 55.7. The maximum Gasteiger partial charge on any atom is 0.342 e. The van der Waals surface area contributed by atoms with Crippen LogP contribution in [0, 0.1) is 28.1 Å². The van der Waals surface area contributed by atoms with Gasteiger partial charge >= 0.3 is 5.97 Å². The highest BCUT2D eigenvalue weighted by Crippen LogP contribution is 2.84. The second-order valence-corrected chi connectivity index (χ2v) is 11.0. The number of hydrogen-bond acceptors (Lipinski definition) is 10. The van der Waals surface area contributed by atoms with E-state index in [1.165, 1.54) is 6.92 Å². The van der Waals surface area contributed by atoms with Crippen molar-refractivity contribution >= 4 is 5.97 Å². The first-order chi connectivity index (χ1) is 13.8. The zero-order chi connectivity index (χ0) is 21.8. The molecule has 0 radical (unpaired) electrons. The van der Waals surface area contributed by atoms with Gasteiger partial charge in [0.2, 0.25) is 5.60 Å². The molecule has 10 nitrogen and oxygen atoms in total. The number of fused-ring (bicyclic) bond motifs is 1. The molecular formula is C20H28O10. The van der Waals surface area contributed by atoms with Crippen LogP contribution in [0.1, 0.15) is 34.1 Å². The molecular weight excluding hydrogens is 400 g/mol. The van der Waals surface area contributed by atoms with Gasteiger partial charge in [0.1, 0.15) is 23.9 Å². The summed E-state index contributed by atoms with van der Waals surface area (Å²) >= 11 is 0. The molecule has 6 unspecified atom stereocenters. The number of esters is 1. The Morgan fingerprint density at radius 1 is 1.03 bits per heavy atom. The summed E-state index contributed by atoms with van der Waals surface area (Å²) in [4.78, 5) is 13.4. The highest BCUT2D eigenvalue weighted by Gasteiger charge is 3.02. The maximum atomic E-state index is 13.4. The van der Waals surface area contributed by atoms with Gasteiger partial charge in [-0.1, -0.05) is 27.7 Å². The lowest BCUT2D eigenvalue weighted by Crippen LogP contribution is -2.67. The van der Waals surface area contributed by atoms with Crippen molar-refractivity contribution in [2.75, 3.05) is 0 Å². The van der Waals surface area contributed by atoms with Gasteiger partial charge in [0.15, 0.2) is 18.9 Å². The van der Waals surface area contributed by atoms with Crippen LogP contribution in [-0.4, -0.2) is 86.0 Å². The van der Waals surface area contributed by atoms with Crippen LogP contribution in [0.2, 0.25) is 0 Å². The number of rotatable bonds is 0. The van der Waals surface area contributed by atoms with E-state index in [1.807, 2.05) is 20.8 Å². The maximum absolute atomic E-state index is 13.4. The molecule has 2 aliphatic carbocycles. The van der Waals surface area contributed by atoms with Crippen LogP contribution < -0.4 is 0 Å². The van der Waals surface area contributed by atoms with Crippen molar-refractivity contribution in [2.45, 2.75) is 88.6 Å². The number of carbonyl (C=O) groups is 1. The van der Waals surface area contributed by atoms with Gasteiger partial charge in [-0.05, 0) is 17.8 Å². The molecule has 2 saturated carbocycles. The molecule has 4 aliphatic heterocycles. The van der Waals surface area contributed by atoms with Gasteiger partial charge in [-0.15, -0.1) is 0 Å². The molecule has 0 aromatic carbocycles. The van der Waals surface area contributed by atoms with Gasteiger partial charge in [0.25, 0.3) is 0 Å². The molecule has 4 saturated heterocycles. The predicted octanol–water partition coefficient (Wildman–Crippen LogP) is -1.79. The Labute approximate surface area is 172 Å². The number of ether oxygens (including phenoxy) is 4. The lowest BCUT2D eigenvalue weighted by atomic mass is 9.51. The topological polar surface area (TPSA) is 155 Å². The van der Waals surface area contributed by atoms with E-state index in [0.717, 1.165) is 0 Å². The Morgan fingerprint density at radius 2 is 1.70 bits per heavy atom. The monoisotopic (exact) mass is 428 g/mol. The van der Waals surface area contributed by atoms with Crippen molar-refractivity contribution in [3.05, 3.63) is 0 Å². The summed E-state index contributed by atoms with van der Waals surface area (Å²) in [5.74, 6) is -2.25. The zero-order valence-corrected chi connectivity index (χ0v) is 17.2. The average molecular weight is 428 g/mol. The van der Waals surface area contributed by atoms with E-state index < -0.39 is 82.6 Å². The zero-order valence-electron chi connectivity index (χ0n) is 17.2. The molecule has 10 heteroatoms. The van der Waals surface area contributed by atoms with Crippen LogP contribution in [0.5, 0.6) is 0 Å². The lowest BCUT2D eigenvalue weighted by molar-refractivity contribution is -0.263. The van der Waals surface area contributed by atoms with Crippen molar-refractivity contribution in [2.24, 2.45) is 28.1 Å². The van der Waals surface area contributed by atoms with Gasteiger partial charge in [0.05, 0.1) is 16.9 Å². The fourth-order valence-corrected chi connectivity index (χ4v) is 8.38. The van der Waals surface area contributed by atoms with Crippen molar-refractivity contribution < 1.29 is 49.3 Å². The second kappa shape index (κ2) is 5.04. The SMILES string of the molecule is C[C@@H]1C(O)OC2[C@H](O)C34C5CC(C(C)(C)C)C36[C@@H](O[C@H](O)[C@@H]6O)O[C@@]4(C(=O)O5)[C@]21O. The molecule has 0 bridgehead atoms. The largest absolute Gasteiger partial charge is 0.459 e. The first-order valence-electron chi connectivity index (χ1n) is 10.5. The molecule has 6 rings (SSSR count). The minimum absolute atomic E-state index is 0.292. The van der Waals surface area contributed by atoms with E-state index in [9.17, 15) is 30.3 Å². The standard InChI is InChI=1S/C20H28O10/c1-6-12(23)28-11-9(21)18-8-5-7(16(2,3)4)17(18)10(22)13(24)29-15(17)30-20(18,14(25)27-8)19(6,11)26/h6-13,15,21-24,26H,5H2,1-4H3/t6-,7?,8?,9+,10+,11?,12?,13+,15+,17?,18?,19-,20-/m1/s1. The minimum Gasteiger partial charge on any atom is -0.459 e. The Bertz CT molecular complexity index is 842. The predicted molar refractivity (Wildman–Crippen MR) is 94.0 cm³/mol. The third kappa shape index (κ3) is 1.45. The van der Waals surface area contributed by atoms with E-state index in [4.69, 9.17) is 18.9 Å². The van der Waals surface area contributed by atoms with E-state index in [2.05, 4.69) is 0 Å². The van der Waals surface area contributed by atoms with E-state index >= 15 is 0 Å². The van der Waals surface area contributed by atoms with Crippen molar-refractivity contribution in [3.8, 4) is 0 Å². The second-order valence-electron chi connectivity index (χ2n) is 11.0. The Kier molecular flexibility index (Phi) is 3.33. The Balaban J connectivity index is 1.70. The van der Waals surface area contributed by atoms with Gasteiger partial charge in [0, 0.05) is 5.92 Å². The number of carbonyl (C=O) groups excluding carboxylic acids is 1. The van der Waals surface area contributed by atoms with Crippen molar-refractivity contribution in [1.29, 1.82) is 0 Å². The van der Waals surface area contributed by atoms with Crippen LogP contribution in [0.25, 0.3) is 0 Å². The molecule has 2 spiro atoms. The summed E-state index contributed by atoms with van der Waals surface area (Å²) in [7, 11) is 0. The van der Waals surface area contributed by atoms with Gasteiger partial charge in [-0.25, -0.2) is 4.79 Å². The van der Waals surface area contributed by atoms with Crippen LogP contribution in [0.3, 0.4) is 0 Å². The van der Waals surface area contributed by atoms with Crippen LogP contribution >= 0.6 is 0 Å². The molecule has 6 aliphatic rings. The average Bonchev–Trinajstić information content (AvgIpc) is 3.35. The highest BCUT2D eigenvalue weighted by atomic mass is 16.8. The lowest BCUT2D eigenvalue weighted by Gasteiger charge is -2.49. The molecule has 4 heterocycles. The summed E-state index contributed by atoms with van der Waals surface area (Å²) in [5.41, 5.74) is -7.74. The normalized spacial score (nSPS) is 65.5. The van der Waals surface area contributed by atoms with E-state index in [0.29, 0.717) is 6.42 Å². The van der Waals surface area contributed by atoms with E-state index in [-0.39, 0.29) is 5.92 Å². The number of aliphatic hydroxyl groups excluding tert-OH is 4. The van der Waals surface area contributed by atoms with Gasteiger partial charge < -0.3 is 44.5 Å². The molecule has 0 amide bonds.